The Bertz CT molecular complexity index is 189. The molecule has 1 aromatic heterocycles. The molecule has 50 valence electrons. The van der Waals surface area contributed by atoms with Gasteiger partial charge in [0.2, 0.25) is 0 Å². The Balaban J connectivity index is 2.98. The van der Waals surface area contributed by atoms with Gasteiger partial charge in [0, 0.05) is 7.05 Å². The average Bonchev–Trinajstić information content (AvgIpc) is 2.13. The summed E-state index contributed by atoms with van der Waals surface area (Å²) >= 11 is 8.81. The highest BCUT2D eigenvalue weighted by atomic mass is 79.9. The van der Waals surface area contributed by atoms with Gasteiger partial charge in [-0.2, -0.15) is 5.10 Å². The van der Waals surface area contributed by atoms with Gasteiger partial charge in [0.25, 0.3) is 0 Å². The highest BCUT2D eigenvalue weighted by Gasteiger charge is 1.98. The van der Waals surface area contributed by atoms with Crippen molar-refractivity contribution in [3.8, 4) is 0 Å². The van der Waals surface area contributed by atoms with Gasteiger partial charge in [-0.25, -0.2) is 0 Å². The molecule has 0 saturated carbocycles. The second-order valence-electron chi connectivity index (χ2n) is 1.72. The lowest BCUT2D eigenvalue weighted by Crippen LogP contribution is -1.90. The summed E-state index contributed by atoms with van der Waals surface area (Å²) in [4.78, 5) is 0. The van der Waals surface area contributed by atoms with E-state index in [1.165, 1.54) is 0 Å². The monoisotopic (exact) mass is 208 g/mol. The van der Waals surface area contributed by atoms with E-state index in [-0.39, 0.29) is 0 Å². The molecule has 0 amide bonds. The third kappa shape index (κ3) is 1.46. The summed E-state index contributed by atoms with van der Waals surface area (Å²) in [6, 6.07) is 1.90. The van der Waals surface area contributed by atoms with Crippen LogP contribution >= 0.6 is 27.5 Å². The molecule has 0 aliphatic carbocycles. The van der Waals surface area contributed by atoms with Crippen LogP contribution in [0.3, 0.4) is 0 Å². The second-order valence-corrected chi connectivity index (χ2v) is 2.80. The SMILES string of the molecule is Cn1nc(CCl)cc1Br. The van der Waals surface area contributed by atoms with E-state index in [4.69, 9.17) is 11.6 Å². The van der Waals surface area contributed by atoms with Gasteiger partial charge in [-0.1, -0.05) is 0 Å². The first-order chi connectivity index (χ1) is 4.24. The highest BCUT2D eigenvalue weighted by Crippen LogP contribution is 2.11. The predicted octanol–water partition coefficient (Wildman–Crippen LogP) is 1.92. The fraction of sp³-hybridized carbons (Fsp3) is 0.400. The number of aromatic nitrogens is 2. The fourth-order valence-corrected chi connectivity index (χ4v) is 1.04. The van der Waals surface area contributed by atoms with E-state index < -0.39 is 0 Å². The predicted molar refractivity (Wildman–Crippen MR) is 40.5 cm³/mol. The maximum absolute atomic E-state index is 5.52. The second kappa shape index (κ2) is 2.71. The zero-order valence-corrected chi connectivity index (χ0v) is 7.28. The van der Waals surface area contributed by atoms with Gasteiger partial charge in [0.1, 0.15) is 4.60 Å². The van der Waals surface area contributed by atoms with E-state index in [9.17, 15) is 0 Å². The van der Waals surface area contributed by atoms with Crippen LogP contribution in [0.2, 0.25) is 0 Å². The van der Waals surface area contributed by atoms with Crippen LogP contribution < -0.4 is 0 Å². The van der Waals surface area contributed by atoms with E-state index >= 15 is 0 Å². The number of hydrogen-bond acceptors (Lipinski definition) is 1. The molecule has 0 fully saturated rings. The fourth-order valence-electron chi connectivity index (χ4n) is 0.566. The molecule has 0 aromatic carbocycles. The molecule has 0 unspecified atom stereocenters. The van der Waals surface area contributed by atoms with Crippen molar-refractivity contribution in [3.63, 3.8) is 0 Å². The molecule has 0 N–H and O–H groups in total. The van der Waals surface area contributed by atoms with Crippen LogP contribution in [0.25, 0.3) is 0 Å². The Morgan fingerprint density at radius 2 is 2.56 bits per heavy atom. The molecule has 0 saturated heterocycles. The summed E-state index contributed by atoms with van der Waals surface area (Å²) in [6.45, 7) is 0. The first kappa shape index (κ1) is 7.09. The summed E-state index contributed by atoms with van der Waals surface area (Å²) in [5.41, 5.74) is 0.894. The van der Waals surface area contributed by atoms with Crippen LogP contribution in [0.5, 0.6) is 0 Å². The molecule has 0 spiro atoms. The van der Waals surface area contributed by atoms with Crippen LogP contribution in [0, 0.1) is 0 Å². The minimum absolute atomic E-state index is 0.472. The maximum atomic E-state index is 5.52. The Labute approximate surface area is 66.9 Å². The molecule has 0 atom stereocenters. The Hall–Kier alpha value is -0.0200. The van der Waals surface area contributed by atoms with Crippen molar-refractivity contribution in [2.24, 2.45) is 7.05 Å². The van der Waals surface area contributed by atoms with Crippen molar-refractivity contribution in [2.75, 3.05) is 0 Å². The molecule has 0 bridgehead atoms. The number of hydrogen-bond donors (Lipinski definition) is 0. The largest absolute Gasteiger partial charge is 0.261 e. The zero-order chi connectivity index (χ0) is 6.85. The van der Waals surface area contributed by atoms with E-state index in [2.05, 4.69) is 21.0 Å². The van der Waals surface area contributed by atoms with E-state index in [0.717, 1.165) is 10.3 Å². The third-order valence-corrected chi connectivity index (χ3v) is 2.03. The van der Waals surface area contributed by atoms with Gasteiger partial charge < -0.3 is 0 Å². The normalized spacial score (nSPS) is 10.1. The smallest absolute Gasteiger partial charge is 0.104 e. The molecule has 1 rings (SSSR count). The molecule has 1 heterocycles. The van der Waals surface area contributed by atoms with E-state index in [1.807, 2.05) is 13.1 Å². The highest BCUT2D eigenvalue weighted by molar-refractivity contribution is 9.10. The van der Waals surface area contributed by atoms with Crippen molar-refractivity contribution in [3.05, 3.63) is 16.4 Å². The van der Waals surface area contributed by atoms with Gasteiger partial charge >= 0.3 is 0 Å². The molecule has 0 aliphatic heterocycles. The summed E-state index contributed by atoms with van der Waals surface area (Å²) in [6.07, 6.45) is 0. The summed E-state index contributed by atoms with van der Waals surface area (Å²) < 4.78 is 2.69. The number of aryl methyl sites for hydroxylation is 1. The van der Waals surface area contributed by atoms with Gasteiger partial charge in [0.05, 0.1) is 11.6 Å². The maximum Gasteiger partial charge on any atom is 0.104 e. The summed E-state index contributed by atoms with van der Waals surface area (Å²) in [7, 11) is 1.86. The molecule has 9 heavy (non-hydrogen) atoms. The van der Waals surface area contributed by atoms with Crippen molar-refractivity contribution < 1.29 is 0 Å². The van der Waals surface area contributed by atoms with Crippen molar-refractivity contribution in [1.29, 1.82) is 0 Å². The van der Waals surface area contributed by atoms with Crippen LogP contribution in [-0.4, -0.2) is 9.78 Å². The van der Waals surface area contributed by atoms with Gasteiger partial charge in [-0.3, -0.25) is 4.68 Å². The quantitative estimate of drug-likeness (QED) is 0.646. The number of nitrogens with zero attached hydrogens (tertiary/aromatic N) is 2. The standard InChI is InChI=1S/C5H6BrClN2/c1-9-5(6)2-4(3-7)8-9/h2H,3H2,1H3. The van der Waals surface area contributed by atoms with Gasteiger partial charge in [0.15, 0.2) is 0 Å². The number of halogens is 2. The first-order valence-electron chi connectivity index (χ1n) is 2.48. The van der Waals surface area contributed by atoms with Crippen molar-refractivity contribution in [1.82, 2.24) is 9.78 Å². The van der Waals surface area contributed by atoms with Crippen molar-refractivity contribution in [2.45, 2.75) is 5.88 Å². The molecular weight excluding hydrogens is 203 g/mol. The molecular formula is C5H6BrClN2. The van der Waals surface area contributed by atoms with Crippen LogP contribution in [0.15, 0.2) is 10.7 Å². The Morgan fingerprint density at radius 3 is 2.78 bits per heavy atom. The van der Waals surface area contributed by atoms with Crippen LogP contribution in [0.4, 0.5) is 0 Å². The summed E-state index contributed by atoms with van der Waals surface area (Å²) in [5, 5.41) is 4.07. The van der Waals surface area contributed by atoms with Gasteiger partial charge in [-0.15, -0.1) is 11.6 Å². The first-order valence-corrected chi connectivity index (χ1v) is 3.81. The third-order valence-electron chi connectivity index (χ3n) is 1.01. The van der Waals surface area contributed by atoms with E-state index in [1.54, 1.807) is 4.68 Å². The van der Waals surface area contributed by atoms with Crippen LogP contribution in [-0.2, 0) is 12.9 Å². The molecule has 0 aliphatic rings. The Morgan fingerprint density at radius 1 is 1.89 bits per heavy atom. The number of alkyl halides is 1. The van der Waals surface area contributed by atoms with E-state index in [0.29, 0.717) is 5.88 Å². The topological polar surface area (TPSA) is 17.8 Å². The lowest BCUT2D eigenvalue weighted by atomic mass is 10.5. The lowest BCUT2D eigenvalue weighted by Gasteiger charge is -1.86. The van der Waals surface area contributed by atoms with Crippen LogP contribution in [0.1, 0.15) is 5.69 Å². The molecule has 4 heteroatoms. The zero-order valence-electron chi connectivity index (χ0n) is 4.93. The summed E-state index contributed by atoms with van der Waals surface area (Å²) in [5.74, 6) is 0.472. The molecule has 0 radical (unpaired) electrons. The average molecular weight is 209 g/mol. The number of rotatable bonds is 1. The molecule has 2 nitrogen and oxygen atoms in total. The lowest BCUT2D eigenvalue weighted by molar-refractivity contribution is 0.738. The minimum atomic E-state index is 0.472. The van der Waals surface area contributed by atoms with Gasteiger partial charge in [-0.05, 0) is 22.0 Å². The minimum Gasteiger partial charge on any atom is -0.261 e. The molecule has 1 aromatic rings. The Kier molecular flexibility index (Phi) is 2.13. The van der Waals surface area contributed by atoms with Crippen molar-refractivity contribution >= 4 is 27.5 Å².